The molecule has 1 rings (SSSR count). The minimum absolute atomic E-state index is 0.0309. The molecule has 0 saturated heterocycles. The second-order valence-electron chi connectivity index (χ2n) is 3.99. The number of nitrogens with zero attached hydrogens (tertiary/aromatic N) is 4. The summed E-state index contributed by atoms with van der Waals surface area (Å²) in [4.78, 5) is 25.8. The highest BCUT2D eigenvalue weighted by molar-refractivity contribution is 5.83. The lowest BCUT2D eigenvalue weighted by atomic mass is 10.3. The molecule has 1 unspecified atom stereocenters. The summed E-state index contributed by atoms with van der Waals surface area (Å²) in [6.07, 6.45) is 0. The predicted octanol–water partition coefficient (Wildman–Crippen LogP) is -0.165. The van der Waals surface area contributed by atoms with E-state index >= 15 is 0 Å². The fourth-order valence-corrected chi connectivity index (χ4v) is 1.64. The van der Waals surface area contributed by atoms with E-state index in [0.29, 0.717) is 13.1 Å². The Morgan fingerprint density at radius 3 is 2.40 bits per heavy atom. The number of hydrogen-bond donors (Lipinski definition) is 3. The number of rotatable bonds is 7. The maximum atomic E-state index is 12.1. The number of carbonyl (C=O) groups excluding carboxylic acids is 1. The van der Waals surface area contributed by atoms with E-state index < -0.39 is 6.04 Å². The number of carbonyl (C=O) groups is 1. The van der Waals surface area contributed by atoms with Gasteiger partial charge in [0.15, 0.2) is 0 Å². The second kappa shape index (κ2) is 7.43. The standard InChI is InChI=1S/C11H21N7O2/c1-5-18(6-2)8(19)7(3)13-9-14-10(17-12)16-11(15-9)20-4/h7H,5-6,12H2,1-4H3,(H2,13,14,15,16,17). The molecule has 1 aromatic heterocycles. The molecule has 1 atom stereocenters. The van der Waals surface area contributed by atoms with Crippen molar-refractivity contribution in [3.05, 3.63) is 0 Å². The molecule has 0 aliphatic carbocycles. The molecule has 0 aromatic carbocycles. The lowest BCUT2D eigenvalue weighted by Gasteiger charge is -2.23. The number of methoxy groups -OCH3 is 1. The van der Waals surface area contributed by atoms with Gasteiger partial charge in [-0.05, 0) is 20.8 Å². The largest absolute Gasteiger partial charge is 0.467 e. The van der Waals surface area contributed by atoms with Crippen molar-refractivity contribution in [2.45, 2.75) is 26.8 Å². The molecule has 0 aliphatic rings. The number of hydrazine groups is 1. The van der Waals surface area contributed by atoms with Crippen molar-refractivity contribution in [2.24, 2.45) is 5.84 Å². The summed E-state index contributed by atoms with van der Waals surface area (Å²) in [6, 6.07) is -0.356. The molecule has 9 nitrogen and oxygen atoms in total. The van der Waals surface area contributed by atoms with E-state index in [0.717, 1.165) is 0 Å². The number of ether oxygens (including phenoxy) is 1. The number of anilines is 2. The highest BCUT2D eigenvalue weighted by Crippen LogP contribution is 2.11. The topological polar surface area (TPSA) is 118 Å². The van der Waals surface area contributed by atoms with Gasteiger partial charge in [0.25, 0.3) is 0 Å². The zero-order chi connectivity index (χ0) is 15.1. The normalized spacial score (nSPS) is 11.7. The predicted molar refractivity (Wildman–Crippen MR) is 75.2 cm³/mol. The Balaban J connectivity index is 2.84. The maximum Gasteiger partial charge on any atom is 0.322 e. The average Bonchev–Trinajstić information content (AvgIpc) is 2.47. The molecule has 0 aliphatic heterocycles. The molecule has 1 aromatic rings. The van der Waals surface area contributed by atoms with Crippen LogP contribution < -0.4 is 21.3 Å². The second-order valence-corrected chi connectivity index (χ2v) is 3.99. The molecule has 20 heavy (non-hydrogen) atoms. The van der Waals surface area contributed by atoms with E-state index in [-0.39, 0.29) is 23.8 Å². The van der Waals surface area contributed by atoms with Gasteiger partial charge in [-0.15, -0.1) is 0 Å². The lowest BCUT2D eigenvalue weighted by Crippen LogP contribution is -2.41. The van der Waals surface area contributed by atoms with Crippen molar-refractivity contribution in [1.82, 2.24) is 19.9 Å². The third-order valence-electron chi connectivity index (χ3n) is 2.72. The van der Waals surface area contributed by atoms with Gasteiger partial charge in [0.05, 0.1) is 7.11 Å². The third kappa shape index (κ3) is 3.92. The summed E-state index contributed by atoms with van der Waals surface area (Å²) in [5.74, 6) is 5.61. The van der Waals surface area contributed by atoms with Crippen molar-refractivity contribution in [2.75, 3.05) is 30.9 Å². The molecule has 0 saturated carbocycles. The molecule has 0 bridgehead atoms. The van der Waals surface area contributed by atoms with Crippen LogP contribution in [0.25, 0.3) is 0 Å². The number of hydrogen-bond acceptors (Lipinski definition) is 8. The molecule has 0 radical (unpaired) electrons. The first-order valence-corrected chi connectivity index (χ1v) is 6.37. The van der Waals surface area contributed by atoms with E-state index in [9.17, 15) is 4.79 Å². The van der Waals surface area contributed by atoms with Gasteiger partial charge in [-0.3, -0.25) is 10.2 Å². The zero-order valence-electron chi connectivity index (χ0n) is 12.2. The lowest BCUT2D eigenvalue weighted by molar-refractivity contribution is -0.131. The summed E-state index contributed by atoms with van der Waals surface area (Å²) < 4.78 is 4.94. The quantitative estimate of drug-likeness (QED) is 0.466. The smallest absolute Gasteiger partial charge is 0.322 e. The van der Waals surface area contributed by atoms with Crippen molar-refractivity contribution in [3.8, 4) is 6.01 Å². The Bertz CT molecular complexity index is 428. The summed E-state index contributed by atoms with van der Waals surface area (Å²) in [5, 5.41) is 2.91. The first-order chi connectivity index (χ1) is 9.55. The van der Waals surface area contributed by atoms with Gasteiger partial charge in [-0.25, -0.2) is 5.84 Å². The number of amides is 1. The van der Waals surface area contributed by atoms with Gasteiger partial charge in [0.1, 0.15) is 6.04 Å². The first kappa shape index (κ1) is 15.9. The Morgan fingerprint density at radius 1 is 1.30 bits per heavy atom. The molecule has 112 valence electrons. The number of likely N-dealkylation sites (N-methyl/N-ethyl adjacent to an activating group) is 1. The molecular formula is C11H21N7O2. The minimum atomic E-state index is -0.465. The van der Waals surface area contributed by atoms with Crippen LogP contribution in [0.1, 0.15) is 20.8 Å². The van der Waals surface area contributed by atoms with E-state index in [1.54, 1.807) is 11.8 Å². The Labute approximate surface area is 117 Å². The Morgan fingerprint density at radius 2 is 1.90 bits per heavy atom. The molecule has 4 N–H and O–H groups in total. The van der Waals surface area contributed by atoms with Crippen LogP contribution in [0, 0.1) is 0 Å². The zero-order valence-corrected chi connectivity index (χ0v) is 12.2. The highest BCUT2D eigenvalue weighted by atomic mass is 16.5. The van der Waals surface area contributed by atoms with Crippen LogP contribution in [-0.2, 0) is 4.79 Å². The summed E-state index contributed by atoms with van der Waals surface area (Å²) in [5.41, 5.74) is 2.31. The summed E-state index contributed by atoms with van der Waals surface area (Å²) >= 11 is 0. The van der Waals surface area contributed by atoms with Gasteiger partial charge in [-0.2, -0.15) is 15.0 Å². The van der Waals surface area contributed by atoms with E-state index in [2.05, 4.69) is 25.7 Å². The van der Waals surface area contributed by atoms with Crippen molar-refractivity contribution >= 4 is 17.8 Å². The first-order valence-electron chi connectivity index (χ1n) is 6.37. The Kier molecular flexibility index (Phi) is 5.91. The van der Waals surface area contributed by atoms with Crippen LogP contribution in [0.4, 0.5) is 11.9 Å². The van der Waals surface area contributed by atoms with Crippen LogP contribution in [0.5, 0.6) is 6.01 Å². The SMILES string of the molecule is CCN(CC)C(=O)C(C)Nc1nc(NN)nc(OC)n1. The van der Waals surface area contributed by atoms with Crippen molar-refractivity contribution in [1.29, 1.82) is 0 Å². The Hall–Kier alpha value is -2.16. The maximum absolute atomic E-state index is 12.1. The molecule has 9 heteroatoms. The molecule has 1 heterocycles. The van der Waals surface area contributed by atoms with Crippen LogP contribution in [0.3, 0.4) is 0 Å². The number of nitrogens with one attached hydrogen (secondary N) is 2. The van der Waals surface area contributed by atoms with E-state index in [1.165, 1.54) is 7.11 Å². The van der Waals surface area contributed by atoms with Gasteiger partial charge in [-0.1, -0.05) is 0 Å². The van der Waals surface area contributed by atoms with Gasteiger partial charge >= 0.3 is 6.01 Å². The molecule has 1 amide bonds. The number of nitrogens with two attached hydrogens (primary N) is 1. The fourth-order valence-electron chi connectivity index (χ4n) is 1.64. The van der Waals surface area contributed by atoms with Gasteiger partial charge in [0, 0.05) is 13.1 Å². The number of nitrogen functional groups attached to an aromatic ring is 1. The monoisotopic (exact) mass is 283 g/mol. The van der Waals surface area contributed by atoms with Crippen LogP contribution in [0.15, 0.2) is 0 Å². The van der Waals surface area contributed by atoms with E-state index in [4.69, 9.17) is 10.6 Å². The highest BCUT2D eigenvalue weighted by Gasteiger charge is 2.19. The third-order valence-corrected chi connectivity index (χ3v) is 2.72. The van der Waals surface area contributed by atoms with Crippen molar-refractivity contribution in [3.63, 3.8) is 0 Å². The van der Waals surface area contributed by atoms with Gasteiger partial charge in [0.2, 0.25) is 17.8 Å². The van der Waals surface area contributed by atoms with E-state index in [1.807, 2.05) is 13.8 Å². The molecular weight excluding hydrogens is 262 g/mol. The summed E-state index contributed by atoms with van der Waals surface area (Å²) in [6.45, 7) is 6.90. The average molecular weight is 283 g/mol. The molecule has 0 spiro atoms. The molecule has 0 fully saturated rings. The minimum Gasteiger partial charge on any atom is -0.467 e. The van der Waals surface area contributed by atoms with Crippen LogP contribution in [-0.4, -0.2) is 52.0 Å². The van der Waals surface area contributed by atoms with Gasteiger partial charge < -0.3 is 15.0 Å². The van der Waals surface area contributed by atoms with Crippen LogP contribution in [0.2, 0.25) is 0 Å². The summed E-state index contributed by atoms with van der Waals surface area (Å²) in [7, 11) is 1.43. The van der Waals surface area contributed by atoms with Crippen LogP contribution >= 0.6 is 0 Å². The van der Waals surface area contributed by atoms with Crippen molar-refractivity contribution < 1.29 is 9.53 Å². The number of aromatic nitrogens is 3. The fraction of sp³-hybridized carbons (Fsp3) is 0.636.